The number of halogens is 3. The van der Waals surface area contributed by atoms with Crippen LogP contribution in [-0.4, -0.2) is 33.2 Å². The maximum Gasteiger partial charge on any atom is 0.337 e. The number of esters is 1. The minimum atomic E-state index is -4.06. The molecular formula is C29H27Cl3N2O6S. The molecule has 4 rings (SSSR count). The van der Waals surface area contributed by atoms with E-state index in [1.54, 1.807) is 37.3 Å². The van der Waals surface area contributed by atoms with Gasteiger partial charge in [0.25, 0.3) is 10.0 Å². The highest BCUT2D eigenvalue weighted by Gasteiger charge is 2.27. The summed E-state index contributed by atoms with van der Waals surface area (Å²) in [6, 6.07) is 15.5. The van der Waals surface area contributed by atoms with Gasteiger partial charge in [-0.1, -0.05) is 65.9 Å². The molecule has 4 aromatic rings. The second kappa shape index (κ2) is 12.7. The minimum absolute atomic E-state index is 0.00285. The van der Waals surface area contributed by atoms with Gasteiger partial charge in [-0.2, -0.15) is 0 Å². The molecule has 0 saturated heterocycles. The van der Waals surface area contributed by atoms with Crippen molar-refractivity contribution in [3.8, 4) is 17.0 Å². The summed E-state index contributed by atoms with van der Waals surface area (Å²) in [4.78, 5) is 11.9. The Morgan fingerprint density at radius 1 is 1.00 bits per heavy atom. The molecule has 0 fully saturated rings. The van der Waals surface area contributed by atoms with E-state index in [2.05, 4.69) is 5.16 Å². The van der Waals surface area contributed by atoms with Crippen LogP contribution in [0.3, 0.4) is 0 Å². The van der Waals surface area contributed by atoms with Crippen LogP contribution in [0.1, 0.15) is 48.4 Å². The van der Waals surface area contributed by atoms with Crippen LogP contribution in [0.4, 0.5) is 5.69 Å². The quantitative estimate of drug-likeness (QED) is 0.162. The average Bonchev–Trinajstić information content (AvgIpc) is 3.36. The molecule has 1 heterocycles. The van der Waals surface area contributed by atoms with Crippen LogP contribution < -0.4 is 9.04 Å². The van der Waals surface area contributed by atoms with Gasteiger partial charge in [-0.15, -0.1) is 0 Å². The third-order valence-corrected chi connectivity index (χ3v) is 9.06. The second-order valence-electron chi connectivity index (χ2n) is 9.22. The first-order chi connectivity index (χ1) is 19.5. The molecule has 0 bridgehead atoms. The van der Waals surface area contributed by atoms with Gasteiger partial charge in [0.2, 0.25) is 0 Å². The second-order valence-corrected chi connectivity index (χ2v) is 12.3. The Kier molecular flexibility index (Phi) is 9.54. The third kappa shape index (κ3) is 6.33. The summed E-state index contributed by atoms with van der Waals surface area (Å²) in [7, 11) is -2.83. The van der Waals surface area contributed by atoms with Crippen molar-refractivity contribution in [1.82, 2.24) is 5.16 Å². The van der Waals surface area contributed by atoms with Crippen LogP contribution in [0.2, 0.25) is 15.1 Å². The molecule has 0 radical (unpaired) electrons. The molecule has 8 nitrogen and oxygen atoms in total. The van der Waals surface area contributed by atoms with Gasteiger partial charge in [0.05, 0.1) is 43.9 Å². The van der Waals surface area contributed by atoms with Crippen LogP contribution in [-0.2, 0) is 21.4 Å². The SMILES string of the molecule is CCN(c1ccc(OCc2c(-c3c(Cl)cccc3Cl)noc2C(C)C)cc1Cl)S(=O)(=O)c1cccc(C(=O)OC)c1. The van der Waals surface area contributed by atoms with Gasteiger partial charge in [0.15, 0.2) is 0 Å². The zero-order valence-electron chi connectivity index (χ0n) is 22.7. The fourth-order valence-electron chi connectivity index (χ4n) is 4.27. The van der Waals surface area contributed by atoms with E-state index in [-0.39, 0.29) is 40.2 Å². The largest absolute Gasteiger partial charge is 0.489 e. The Bertz CT molecular complexity index is 1670. The average molecular weight is 638 g/mol. The Morgan fingerprint density at radius 3 is 2.29 bits per heavy atom. The normalized spacial score (nSPS) is 11.5. The molecule has 0 aliphatic rings. The van der Waals surface area contributed by atoms with E-state index >= 15 is 0 Å². The molecule has 216 valence electrons. The molecular weight excluding hydrogens is 611 g/mol. The van der Waals surface area contributed by atoms with Crippen LogP contribution in [0, 0.1) is 0 Å². The van der Waals surface area contributed by atoms with Crippen LogP contribution in [0.5, 0.6) is 5.75 Å². The minimum Gasteiger partial charge on any atom is -0.489 e. The number of rotatable bonds is 10. The highest BCUT2D eigenvalue weighted by molar-refractivity contribution is 7.92. The molecule has 3 aromatic carbocycles. The number of aromatic nitrogens is 1. The van der Waals surface area contributed by atoms with Crippen LogP contribution in [0.25, 0.3) is 11.3 Å². The van der Waals surface area contributed by atoms with E-state index in [0.717, 1.165) is 4.31 Å². The fraction of sp³-hybridized carbons (Fsp3) is 0.241. The lowest BCUT2D eigenvalue weighted by atomic mass is 10.0. The molecule has 0 unspecified atom stereocenters. The Balaban J connectivity index is 1.63. The number of carbonyl (C=O) groups excluding carboxylic acids is 1. The lowest BCUT2D eigenvalue weighted by Gasteiger charge is -2.24. The predicted molar refractivity (Wildman–Crippen MR) is 160 cm³/mol. The van der Waals surface area contributed by atoms with Crippen molar-refractivity contribution < 1.29 is 27.2 Å². The van der Waals surface area contributed by atoms with Gasteiger partial charge in [0, 0.05) is 24.1 Å². The number of hydrogen-bond donors (Lipinski definition) is 0. The number of nitrogens with zero attached hydrogens (tertiary/aromatic N) is 2. The number of hydrogen-bond acceptors (Lipinski definition) is 7. The molecule has 0 saturated carbocycles. The Hall–Kier alpha value is -3.24. The molecule has 41 heavy (non-hydrogen) atoms. The maximum atomic E-state index is 13.5. The van der Waals surface area contributed by atoms with Crippen molar-refractivity contribution in [2.45, 2.75) is 38.2 Å². The van der Waals surface area contributed by atoms with E-state index in [0.29, 0.717) is 38.4 Å². The van der Waals surface area contributed by atoms with Crippen molar-refractivity contribution in [3.63, 3.8) is 0 Å². The Morgan fingerprint density at radius 2 is 1.68 bits per heavy atom. The maximum absolute atomic E-state index is 13.5. The standard InChI is InChI=1S/C29H27Cl3N2O6S/c1-5-34(41(36,37)20-9-6-8-18(14-20)29(35)38-4)25-13-12-19(15-24(25)32)39-16-21-27(33-40-28(21)17(2)3)26-22(30)10-7-11-23(26)31/h6-15,17H,5,16H2,1-4H3. The van der Waals surface area contributed by atoms with E-state index in [1.165, 1.54) is 37.4 Å². The molecule has 0 amide bonds. The van der Waals surface area contributed by atoms with Crippen molar-refractivity contribution in [2.75, 3.05) is 18.0 Å². The molecule has 0 spiro atoms. The van der Waals surface area contributed by atoms with Gasteiger partial charge in [-0.25, -0.2) is 13.2 Å². The first-order valence-electron chi connectivity index (χ1n) is 12.6. The number of sulfonamides is 1. The summed E-state index contributed by atoms with van der Waals surface area (Å²) in [5.41, 5.74) is 2.06. The monoisotopic (exact) mass is 636 g/mol. The summed E-state index contributed by atoms with van der Waals surface area (Å²) in [6.45, 7) is 5.77. The van der Waals surface area contributed by atoms with E-state index in [9.17, 15) is 13.2 Å². The lowest BCUT2D eigenvalue weighted by molar-refractivity contribution is 0.0600. The predicted octanol–water partition coefficient (Wildman–Crippen LogP) is 8.01. The highest BCUT2D eigenvalue weighted by Crippen LogP contribution is 2.39. The molecule has 0 aliphatic heterocycles. The summed E-state index contributed by atoms with van der Waals surface area (Å²) >= 11 is 19.5. The number of methoxy groups -OCH3 is 1. The van der Waals surface area contributed by atoms with E-state index < -0.39 is 16.0 Å². The summed E-state index contributed by atoms with van der Waals surface area (Å²) in [5, 5.41) is 5.23. The van der Waals surface area contributed by atoms with Gasteiger partial charge < -0.3 is 14.0 Å². The van der Waals surface area contributed by atoms with Gasteiger partial charge in [-0.05, 0) is 49.4 Å². The Labute approximate surface area is 253 Å². The highest BCUT2D eigenvalue weighted by atomic mass is 35.5. The molecule has 0 aliphatic carbocycles. The van der Waals surface area contributed by atoms with E-state index in [4.69, 9.17) is 48.8 Å². The third-order valence-electron chi connectivity index (χ3n) is 6.24. The molecule has 12 heteroatoms. The molecule has 0 N–H and O–H groups in total. The smallest absolute Gasteiger partial charge is 0.337 e. The van der Waals surface area contributed by atoms with Crippen LogP contribution in [0.15, 0.2) is 70.1 Å². The van der Waals surface area contributed by atoms with Crippen molar-refractivity contribution in [2.24, 2.45) is 0 Å². The van der Waals surface area contributed by atoms with Crippen molar-refractivity contribution in [1.29, 1.82) is 0 Å². The fourth-order valence-corrected chi connectivity index (χ4v) is 6.71. The van der Waals surface area contributed by atoms with Gasteiger partial charge in [0.1, 0.15) is 23.8 Å². The zero-order valence-corrected chi connectivity index (χ0v) is 25.7. The van der Waals surface area contributed by atoms with Crippen molar-refractivity contribution >= 4 is 56.5 Å². The lowest BCUT2D eigenvalue weighted by Crippen LogP contribution is -2.31. The summed E-state index contributed by atoms with van der Waals surface area (Å²) in [5.74, 6) is 0.379. The molecule has 0 atom stereocenters. The topological polar surface area (TPSA) is 98.9 Å². The van der Waals surface area contributed by atoms with Gasteiger partial charge in [-0.3, -0.25) is 4.31 Å². The number of benzene rings is 3. The van der Waals surface area contributed by atoms with E-state index in [1.807, 2.05) is 13.8 Å². The first kappa shape index (κ1) is 30.7. The van der Waals surface area contributed by atoms with Gasteiger partial charge >= 0.3 is 5.97 Å². The first-order valence-corrected chi connectivity index (χ1v) is 15.1. The number of anilines is 1. The molecule has 1 aromatic heterocycles. The van der Waals surface area contributed by atoms with Crippen molar-refractivity contribution in [3.05, 3.63) is 92.6 Å². The summed E-state index contributed by atoms with van der Waals surface area (Å²) < 4.78 is 44.6. The number of ether oxygens (including phenoxy) is 2. The zero-order chi connectivity index (χ0) is 29.9. The van der Waals surface area contributed by atoms with Crippen LogP contribution >= 0.6 is 34.8 Å². The summed E-state index contributed by atoms with van der Waals surface area (Å²) in [6.07, 6.45) is 0. The number of carbonyl (C=O) groups is 1.